The maximum atomic E-state index is 12.6. The van der Waals surface area contributed by atoms with E-state index in [0.29, 0.717) is 15.8 Å². The Kier molecular flexibility index (Phi) is 5.16. The first kappa shape index (κ1) is 21.6. The van der Waals surface area contributed by atoms with E-state index < -0.39 is 0 Å². The number of amides is 1. The zero-order valence-electron chi connectivity index (χ0n) is 18.9. The first-order valence-corrected chi connectivity index (χ1v) is 13.1. The number of likely N-dealkylation sites (N-methyl/N-ethyl adjacent to an activating group) is 1. The highest BCUT2D eigenvalue weighted by Gasteiger charge is 2.31. The summed E-state index contributed by atoms with van der Waals surface area (Å²) in [5, 5.41) is 2.17. The number of aromatic nitrogens is 3. The maximum absolute atomic E-state index is 12.6. The number of hydrogen-bond donors (Lipinski definition) is 0. The number of aryl methyl sites for hydroxylation is 1. The second kappa shape index (κ2) is 8.11. The summed E-state index contributed by atoms with van der Waals surface area (Å²) in [6, 6.07) is 12.5. The minimum absolute atomic E-state index is 0.0209. The van der Waals surface area contributed by atoms with Gasteiger partial charge in [-0.2, -0.15) is 0 Å². The molecule has 4 heterocycles. The van der Waals surface area contributed by atoms with E-state index in [1.165, 1.54) is 11.8 Å². The first-order valence-electron chi connectivity index (χ1n) is 11.1. The van der Waals surface area contributed by atoms with Crippen LogP contribution in [0.1, 0.15) is 13.8 Å². The van der Waals surface area contributed by atoms with Gasteiger partial charge in [0, 0.05) is 30.4 Å². The number of rotatable bonds is 3. The topological polar surface area (TPSA) is 54.3 Å². The molecule has 170 valence electrons. The van der Waals surface area contributed by atoms with Crippen LogP contribution in [0.3, 0.4) is 0 Å². The highest BCUT2D eigenvalue weighted by Crippen LogP contribution is 2.49. The number of hydrogen-bond acceptors (Lipinski definition) is 7. The molecule has 9 heteroatoms. The Morgan fingerprint density at radius 3 is 2.53 bits per heavy atom. The summed E-state index contributed by atoms with van der Waals surface area (Å²) in [6.07, 6.45) is 3.91. The van der Waals surface area contributed by atoms with Crippen LogP contribution in [0.25, 0.3) is 33.1 Å². The minimum Gasteiger partial charge on any atom is -0.333 e. The molecule has 2 aliphatic rings. The molecule has 0 unspecified atom stereocenters. The van der Waals surface area contributed by atoms with Crippen molar-refractivity contribution < 1.29 is 4.79 Å². The minimum atomic E-state index is -0.0209. The predicted octanol–water partition coefficient (Wildman–Crippen LogP) is 5.81. The van der Waals surface area contributed by atoms with Gasteiger partial charge in [0.1, 0.15) is 15.4 Å². The van der Waals surface area contributed by atoms with Crippen molar-refractivity contribution in [1.82, 2.24) is 19.4 Å². The Morgan fingerprint density at radius 2 is 1.76 bits per heavy atom. The van der Waals surface area contributed by atoms with Crippen LogP contribution in [0.15, 0.2) is 63.4 Å². The molecule has 0 radical (unpaired) electrons. The summed E-state index contributed by atoms with van der Waals surface area (Å²) in [5.41, 5.74) is 5.77. The predicted molar refractivity (Wildman–Crippen MR) is 146 cm³/mol. The molecule has 0 saturated carbocycles. The number of allylic oxidation sites excluding steroid dienone is 2. The number of fused-ring (bicyclic) bond motifs is 6. The van der Waals surface area contributed by atoms with Gasteiger partial charge >= 0.3 is 0 Å². The molecule has 0 atom stereocenters. The molecule has 0 aliphatic carbocycles. The van der Waals surface area contributed by atoms with Crippen LogP contribution in [0.4, 0.5) is 5.69 Å². The highest BCUT2D eigenvalue weighted by molar-refractivity contribution is 8.26. The van der Waals surface area contributed by atoms with Gasteiger partial charge in [0.15, 0.2) is 5.65 Å². The monoisotopic (exact) mass is 503 g/mol. The Hall–Kier alpha value is -2.88. The summed E-state index contributed by atoms with van der Waals surface area (Å²) < 4.78 is 2.73. The summed E-state index contributed by atoms with van der Waals surface area (Å²) in [7, 11) is 2.04. The molecule has 2 aromatic heterocycles. The first-order chi connectivity index (χ1) is 16.5. The van der Waals surface area contributed by atoms with E-state index in [4.69, 9.17) is 22.2 Å². The lowest BCUT2D eigenvalue weighted by molar-refractivity contribution is -0.122. The number of nitrogens with zero attached hydrogens (tertiary/aromatic N) is 5. The van der Waals surface area contributed by atoms with Crippen LogP contribution in [0, 0.1) is 0 Å². The van der Waals surface area contributed by atoms with Crippen molar-refractivity contribution in [2.24, 2.45) is 7.05 Å². The third-order valence-corrected chi connectivity index (χ3v) is 8.74. The molecule has 1 fully saturated rings. The normalized spacial score (nSPS) is 18.6. The van der Waals surface area contributed by atoms with Crippen molar-refractivity contribution in [2.75, 3.05) is 18.0 Å². The van der Waals surface area contributed by atoms with Crippen molar-refractivity contribution in [3.63, 3.8) is 0 Å². The summed E-state index contributed by atoms with van der Waals surface area (Å²) >= 11 is 8.40. The fourth-order valence-corrected chi connectivity index (χ4v) is 7.02. The van der Waals surface area contributed by atoms with Gasteiger partial charge < -0.3 is 9.47 Å². The molecular formula is C25H21N5OS3. The average molecular weight is 504 g/mol. The van der Waals surface area contributed by atoms with E-state index in [9.17, 15) is 4.79 Å². The molecule has 4 aromatic rings. The number of thioether (sulfide) groups is 2. The molecule has 0 N–H and O–H groups in total. The van der Waals surface area contributed by atoms with Crippen molar-refractivity contribution in [1.29, 1.82) is 0 Å². The smallest absolute Gasteiger partial charge is 0.266 e. The SMILES string of the molecule is CCN1C(=O)C(=C/C=C2/Sc3ccc4nc5c6ccccc6n(C)c5nc4c3N2CC)SC1=S. The van der Waals surface area contributed by atoms with Crippen molar-refractivity contribution >= 4 is 84.8 Å². The van der Waals surface area contributed by atoms with Crippen molar-refractivity contribution in [2.45, 2.75) is 18.7 Å². The van der Waals surface area contributed by atoms with Crippen molar-refractivity contribution in [3.8, 4) is 0 Å². The third-order valence-electron chi connectivity index (χ3n) is 6.23. The second-order valence-corrected chi connectivity index (χ2v) is 10.8. The Labute approximate surface area is 210 Å². The van der Waals surface area contributed by atoms with E-state index in [2.05, 4.69) is 40.7 Å². The quantitative estimate of drug-likeness (QED) is 0.258. The largest absolute Gasteiger partial charge is 0.333 e. The zero-order chi connectivity index (χ0) is 23.6. The van der Waals surface area contributed by atoms with Gasteiger partial charge in [0.05, 0.1) is 26.7 Å². The molecule has 0 spiro atoms. The number of anilines is 1. The average Bonchev–Trinajstić information content (AvgIpc) is 3.45. The van der Waals surface area contributed by atoms with Gasteiger partial charge in [0.25, 0.3) is 5.91 Å². The Morgan fingerprint density at radius 1 is 0.971 bits per heavy atom. The number of benzene rings is 2. The van der Waals surface area contributed by atoms with Gasteiger partial charge in [-0.15, -0.1) is 0 Å². The van der Waals surface area contributed by atoms with E-state index >= 15 is 0 Å². The van der Waals surface area contributed by atoms with Gasteiger partial charge in [0.2, 0.25) is 0 Å². The molecule has 1 saturated heterocycles. The van der Waals surface area contributed by atoms with Crippen LogP contribution in [-0.2, 0) is 11.8 Å². The summed E-state index contributed by atoms with van der Waals surface area (Å²) in [6.45, 7) is 5.44. The molecule has 1 amide bonds. The molecule has 2 aromatic carbocycles. The molecule has 6 nitrogen and oxygen atoms in total. The van der Waals surface area contributed by atoms with Gasteiger partial charge in [-0.25, -0.2) is 9.97 Å². The lowest BCUT2D eigenvalue weighted by Crippen LogP contribution is -2.27. The van der Waals surface area contributed by atoms with Crippen LogP contribution in [0.5, 0.6) is 0 Å². The molecule has 2 aliphatic heterocycles. The standard InChI is InChI=1S/C25H21N5OS3/c1-4-29-19(13-12-18-24(31)30(5-2)25(32)34-18)33-17-11-10-15-21(22(17)29)27-23-20(26-15)14-8-6-7-9-16(14)28(23)3/h6-13H,4-5H2,1-3H3/b18-12?,19-13+. The lowest BCUT2D eigenvalue weighted by atomic mass is 10.2. The van der Waals surface area contributed by atoms with E-state index in [0.717, 1.165) is 55.3 Å². The van der Waals surface area contributed by atoms with Gasteiger partial charge in [-0.1, -0.05) is 53.9 Å². The van der Waals surface area contributed by atoms with Crippen LogP contribution in [-0.4, -0.2) is 42.8 Å². The molecule has 0 bridgehead atoms. The maximum Gasteiger partial charge on any atom is 0.266 e. The molecular weight excluding hydrogens is 483 g/mol. The summed E-state index contributed by atoms with van der Waals surface area (Å²) in [4.78, 5) is 28.4. The summed E-state index contributed by atoms with van der Waals surface area (Å²) in [5.74, 6) is -0.0209. The Balaban J connectivity index is 1.48. The highest BCUT2D eigenvalue weighted by atomic mass is 32.2. The van der Waals surface area contributed by atoms with Crippen LogP contribution < -0.4 is 4.90 Å². The van der Waals surface area contributed by atoms with E-state index in [1.807, 2.05) is 38.3 Å². The number of thiocarbonyl (C=S) groups is 1. The van der Waals surface area contributed by atoms with E-state index in [-0.39, 0.29) is 5.91 Å². The molecule has 6 rings (SSSR count). The zero-order valence-corrected chi connectivity index (χ0v) is 21.4. The van der Waals surface area contributed by atoms with E-state index in [1.54, 1.807) is 16.7 Å². The number of para-hydroxylation sites is 1. The van der Waals surface area contributed by atoms with Crippen LogP contribution in [0.2, 0.25) is 0 Å². The Bertz CT molecular complexity index is 1600. The fraction of sp³-hybridized carbons (Fsp3) is 0.200. The second-order valence-electron chi connectivity index (χ2n) is 8.05. The van der Waals surface area contributed by atoms with Crippen LogP contribution >= 0.6 is 35.7 Å². The fourth-order valence-electron chi connectivity index (χ4n) is 4.57. The van der Waals surface area contributed by atoms with Gasteiger partial charge in [-0.3, -0.25) is 9.69 Å². The lowest BCUT2D eigenvalue weighted by Gasteiger charge is -2.18. The van der Waals surface area contributed by atoms with Crippen molar-refractivity contribution in [3.05, 3.63) is 58.5 Å². The van der Waals surface area contributed by atoms with Gasteiger partial charge in [-0.05, 0) is 44.2 Å². The third kappa shape index (κ3) is 3.10. The number of carbonyl (C=O) groups is 1. The number of carbonyl (C=O) groups excluding carboxylic acids is 1. The molecule has 34 heavy (non-hydrogen) atoms.